The van der Waals surface area contributed by atoms with Crippen molar-refractivity contribution in [3.8, 4) is 0 Å². The van der Waals surface area contributed by atoms with Gasteiger partial charge >= 0.3 is 5.97 Å². The lowest BCUT2D eigenvalue weighted by Crippen LogP contribution is -2.52. The molecule has 1 heterocycles. The van der Waals surface area contributed by atoms with E-state index in [2.05, 4.69) is 0 Å². The predicted molar refractivity (Wildman–Crippen MR) is 73.5 cm³/mol. The largest absolute Gasteiger partial charge is 0.479 e. The van der Waals surface area contributed by atoms with Crippen molar-refractivity contribution in [2.75, 3.05) is 13.2 Å². The topological polar surface area (TPSA) is 66.8 Å². The van der Waals surface area contributed by atoms with Crippen molar-refractivity contribution in [2.45, 2.75) is 25.5 Å². The highest BCUT2D eigenvalue weighted by Gasteiger charge is 2.41. The molecule has 0 saturated carbocycles. The van der Waals surface area contributed by atoms with E-state index < -0.39 is 23.9 Å². The minimum Gasteiger partial charge on any atom is -0.479 e. The fourth-order valence-electron chi connectivity index (χ4n) is 2.47. The Bertz CT molecular complexity index is 546. The Kier molecular flexibility index (Phi) is 4.80. The molecule has 1 aliphatic rings. The summed E-state index contributed by atoms with van der Waals surface area (Å²) in [5, 5.41) is 9.43. The minimum absolute atomic E-state index is 0.142. The van der Waals surface area contributed by atoms with Crippen LogP contribution in [0.4, 0.5) is 4.39 Å². The molecule has 5 nitrogen and oxygen atoms in total. The van der Waals surface area contributed by atoms with E-state index in [1.165, 1.54) is 17.0 Å². The lowest BCUT2D eigenvalue weighted by Gasteiger charge is -2.39. The molecule has 21 heavy (non-hydrogen) atoms. The molecule has 1 saturated heterocycles. The van der Waals surface area contributed by atoms with E-state index in [4.69, 9.17) is 16.3 Å². The SMILES string of the molecule is CCCN1C(=O)COC(C(=O)O)C1c1cc(F)cc(Cl)c1. The van der Waals surface area contributed by atoms with Gasteiger partial charge in [0.05, 0.1) is 6.04 Å². The van der Waals surface area contributed by atoms with E-state index in [1.807, 2.05) is 6.92 Å². The second-order valence-electron chi connectivity index (χ2n) is 4.80. The average Bonchev–Trinajstić information content (AvgIpc) is 2.39. The van der Waals surface area contributed by atoms with Crippen LogP contribution in [0.2, 0.25) is 5.02 Å². The Balaban J connectivity index is 2.48. The molecule has 1 aliphatic heterocycles. The Hall–Kier alpha value is -1.66. The molecule has 1 N–H and O–H groups in total. The van der Waals surface area contributed by atoms with Gasteiger partial charge in [0.15, 0.2) is 6.10 Å². The maximum atomic E-state index is 13.5. The summed E-state index contributed by atoms with van der Waals surface area (Å²) in [5.74, 6) is -2.11. The van der Waals surface area contributed by atoms with Crippen LogP contribution in [-0.2, 0) is 14.3 Å². The third-order valence-corrected chi connectivity index (χ3v) is 3.48. The van der Waals surface area contributed by atoms with Gasteiger partial charge in [0.25, 0.3) is 0 Å². The highest BCUT2D eigenvalue weighted by Crippen LogP contribution is 2.32. The summed E-state index contributed by atoms with van der Waals surface area (Å²) in [6.07, 6.45) is -0.593. The van der Waals surface area contributed by atoms with Gasteiger partial charge in [0, 0.05) is 11.6 Å². The molecule has 114 valence electrons. The molecule has 7 heteroatoms. The Morgan fingerprint density at radius 2 is 2.24 bits per heavy atom. The normalized spacial score (nSPS) is 22.4. The van der Waals surface area contributed by atoms with Gasteiger partial charge in [0.1, 0.15) is 12.4 Å². The summed E-state index contributed by atoms with van der Waals surface area (Å²) in [4.78, 5) is 24.8. The number of carboxylic acids is 1. The maximum absolute atomic E-state index is 13.5. The Morgan fingerprint density at radius 3 is 2.81 bits per heavy atom. The zero-order valence-electron chi connectivity index (χ0n) is 11.4. The summed E-state index contributed by atoms with van der Waals surface area (Å²) in [6.45, 7) is 1.94. The molecule has 1 aromatic carbocycles. The van der Waals surface area contributed by atoms with Crippen LogP contribution in [0, 0.1) is 5.82 Å². The van der Waals surface area contributed by atoms with Crippen LogP contribution in [0.3, 0.4) is 0 Å². The first-order chi connectivity index (χ1) is 9.93. The molecule has 0 aromatic heterocycles. The highest BCUT2D eigenvalue weighted by atomic mass is 35.5. The quantitative estimate of drug-likeness (QED) is 0.925. The third-order valence-electron chi connectivity index (χ3n) is 3.26. The molecule has 0 aliphatic carbocycles. The van der Waals surface area contributed by atoms with Crippen LogP contribution in [0.5, 0.6) is 0 Å². The highest BCUT2D eigenvalue weighted by molar-refractivity contribution is 6.30. The van der Waals surface area contributed by atoms with Gasteiger partial charge < -0.3 is 14.7 Å². The van der Waals surface area contributed by atoms with Crippen LogP contribution in [0.25, 0.3) is 0 Å². The number of halogens is 2. The number of nitrogens with zero attached hydrogens (tertiary/aromatic N) is 1. The van der Waals surface area contributed by atoms with E-state index in [0.717, 1.165) is 6.07 Å². The van der Waals surface area contributed by atoms with Crippen molar-refractivity contribution in [3.05, 3.63) is 34.6 Å². The maximum Gasteiger partial charge on any atom is 0.335 e. The van der Waals surface area contributed by atoms with Gasteiger partial charge in [-0.3, -0.25) is 4.79 Å². The minimum atomic E-state index is -1.24. The van der Waals surface area contributed by atoms with Crippen LogP contribution in [0.15, 0.2) is 18.2 Å². The fourth-order valence-corrected chi connectivity index (χ4v) is 2.70. The number of morpholine rings is 1. The summed E-state index contributed by atoms with van der Waals surface area (Å²) in [5.41, 5.74) is 0.314. The fraction of sp³-hybridized carbons (Fsp3) is 0.429. The van der Waals surface area contributed by atoms with Gasteiger partial charge in [0.2, 0.25) is 5.91 Å². The van der Waals surface area contributed by atoms with Crippen LogP contribution in [-0.4, -0.2) is 41.1 Å². The summed E-state index contributed by atoms with van der Waals surface area (Å²) in [7, 11) is 0. The predicted octanol–water partition coefficient (Wildman–Crippen LogP) is 2.24. The molecular formula is C14H15ClFNO4. The first-order valence-corrected chi connectivity index (χ1v) is 6.91. The van der Waals surface area contributed by atoms with Crippen molar-refractivity contribution in [2.24, 2.45) is 0 Å². The lowest BCUT2D eigenvalue weighted by molar-refractivity contribution is -0.173. The second kappa shape index (κ2) is 6.41. The van der Waals surface area contributed by atoms with E-state index in [0.29, 0.717) is 18.5 Å². The van der Waals surface area contributed by atoms with E-state index >= 15 is 0 Å². The standard InChI is InChI=1S/C14H15ClFNO4/c1-2-3-17-11(18)7-21-13(14(19)20)12(17)8-4-9(15)6-10(16)5-8/h4-6,12-13H,2-3,7H2,1H3,(H,19,20). The monoisotopic (exact) mass is 315 g/mol. The summed E-state index contributed by atoms with van der Waals surface area (Å²) in [6, 6.07) is 2.86. The molecule has 1 aromatic rings. The number of hydrogen-bond donors (Lipinski definition) is 1. The second-order valence-corrected chi connectivity index (χ2v) is 5.24. The number of carbonyl (C=O) groups is 2. The Labute approximate surface area is 126 Å². The van der Waals surface area contributed by atoms with Crippen LogP contribution >= 0.6 is 11.6 Å². The molecule has 0 radical (unpaired) electrons. The molecular weight excluding hydrogens is 301 g/mol. The lowest BCUT2D eigenvalue weighted by atomic mass is 9.97. The van der Waals surface area contributed by atoms with Gasteiger partial charge in [-0.05, 0) is 30.2 Å². The first kappa shape index (κ1) is 15.7. The number of carbonyl (C=O) groups excluding carboxylic acids is 1. The smallest absolute Gasteiger partial charge is 0.335 e. The number of amides is 1. The van der Waals surface area contributed by atoms with Gasteiger partial charge in [-0.15, -0.1) is 0 Å². The molecule has 2 atom stereocenters. The van der Waals surface area contributed by atoms with Gasteiger partial charge in [-0.25, -0.2) is 9.18 Å². The van der Waals surface area contributed by atoms with Crippen molar-refractivity contribution in [1.29, 1.82) is 0 Å². The van der Waals surface area contributed by atoms with E-state index in [-0.39, 0.29) is 17.5 Å². The number of benzene rings is 1. The Morgan fingerprint density at radius 1 is 1.52 bits per heavy atom. The molecule has 0 spiro atoms. The van der Waals surface area contributed by atoms with Crippen molar-refractivity contribution in [1.82, 2.24) is 4.90 Å². The van der Waals surface area contributed by atoms with Gasteiger partial charge in [-0.2, -0.15) is 0 Å². The van der Waals surface area contributed by atoms with Crippen LogP contribution < -0.4 is 0 Å². The number of hydrogen-bond acceptors (Lipinski definition) is 3. The number of carboxylic acid groups (broad SMARTS) is 1. The van der Waals surface area contributed by atoms with Crippen molar-refractivity contribution in [3.63, 3.8) is 0 Å². The third kappa shape index (κ3) is 3.33. The molecule has 1 fully saturated rings. The number of aliphatic carboxylic acids is 1. The molecule has 1 amide bonds. The van der Waals surface area contributed by atoms with Crippen molar-refractivity contribution >= 4 is 23.5 Å². The van der Waals surface area contributed by atoms with E-state index in [1.54, 1.807) is 0 Å². The van der Waals surface area contributed by atoms with Gasteiger partial charge in [-0.1, -0.05) is 18.5 Å². The van der Waals surface area contributed by atoms with Crippen molar-refractivity contribution < 1.29 is 23.8 Å². The zero-order chi connectivity index (χ0) is 15.6. The molecule has 0 bridgehead atoms. The molecule has 2 unspecified atom stereocenters. The average molecular weight is 316 g/mol. The zero-order valence-corrected chi connectivity index (χ0v) is 12.1. The summed E-state index contributed by atoms with van der Waals surface area (Å²) < 4.78 is 18.7. The number of ether oxygens (including phenoxy) is 1. The first-order valence-electron chi connectivity index (χ1n) is 6.54. The summed E-state index contributed by atoms with van der Waals surface area (Å²) >= 11 is 5.83. The number of rotatable bonds is 4. The van der Waals surface area contributed by atoms with E-state index in [9.17, 15) is 19.1 Å². The molecule has 2 rings (SSSR count). The van der Waals surface area contributed by atoms with Crippen LogP contribution in [0.1, 0.15) is 24.9 Å².